The van der Waals surface area contributed by atoms with Gasteiger partial charge in [0.1, 0.15) is 5.60 Å². The number of carbonyl (C=O) groups is 1. The fourth-order valence-electron chi connectivity index (χ4n) is 3.79. The fourth-order valence-corrected chi connectivity index (χ4v) is 3.79. The predicted octanol–water partition coefficient (Wildman–Crippen LogP) is 1.45. The summed E-state index contributed by atoms with van der Waals surface area (Å²) >= 11 is 0. The SMILES string of the molecule is CN1CCC(O)(C2(CO)CCCN(C(=O)OC(C)(C)C)C2)CC1. The average molecular weight is 328 g/mol. The van der Waals surface area contributed by atoms with Crippen LogP contribution in [0.15, 0.2) is 0 Å². The summed E-state index contributed by atoms with van der Waals surface area (Å²) in [5, 5.41) is 21.3. The number of piperidine rings is 2. The molecule has 23 heavy (non-hydrogen) atoms. The lowest BCUT2D eigenvalue weighted by atomic mass is 9.63. The molecule has 1 atom stereocenters. The summed E-state index contributed by atoms with van der Waals surface area (Å²) in [6, 6.07) is 0. The molecule has 0 aromatic carbocycles. The maximum Gasteiger partial charge on any atom is 0.410 e. The highest BCUT2D eigenvalue weighted by atomic mass is 16.6. The highest BCUT2D eigenvalue weighted by Crippen LogP contribution is 2.45. The molecular weight excluding hydrogens is 296 g/mol. The third kappa shape index (κ3) is 3.98. The van der Waals surface area contributed by atoms with Crippen LogP contribution in [0.5, 0.6) is 0 Å². The zero-order valence-electron chi connectivity index (χ0n) is 15.0. The predicted molar refractivity (Wildman–Crippen MR) is 88.2 cm³/mol. The van der Waals surface area contributed by atoms with Crippen molar-refractivity contribution in [2.45, 2.75) is 57.7 Å². The Kier molecular flexibility index (Phi) is 5.28. The number of ether oxygens (including phenoxy) is 1. The second-order valence-corrected chi connectivity index (χ2v) is 8.28. The molecule has 2 N–H and O–H groups in total. The molecule has 0 bridgehead atoms. The number of aliphatic hydroxyl groups is 2. The van der Waals surface area contributed by atoms with Gasteiger partial charge in [0.25, 0.3) is 0 Å². The minimum absolute atomic E-state index is 0.105. The summed E-state index contributed by atoms with van der Waals surface area (Å²) in [7, 11) is 2.04. The number of carbonyl (C=O) groups excluding carboxylic acids is 1. The van der Waals surface area contributed by atoms with E-state index < -0.39 is 16.6 Å². The van der Waals surface area contributed by atoms with Crippen LogP contribution in [0.4, 0.5) is 4.79 Å². The van der Waals surface area contributed by atoms with E-state index in [4.69, 9.17) is 4.74 Å². The molecule has 2 aliphatic rings. The van der Waals surface area contributed by atoms with Gasteiger partial charge in [-0.25, -0.2) is 4.79 Å². The molecule has 1 amide bonds. The van der Waals surface area contributed by atoms with Crippen LogP contribution in [0.1, 0.15) is 46.5 Å². The van der Waals surface area contributed by atoms with E-state index in [9.17, 15) is 15.0 Å². The van der Waals surface area contributed by atoms with Gasteiger partial charge in [-0.2, -0.15) is 0 Å². The molecule has 1 unspecified atom stereocenters. The summed E-state index contributed by atoms with van der Waals surface area (Å²) in [5.41, 5.74) is -2.11. The van der Waals surface area contributed by atoms with Crippen LogP contribution in [0, 0.1) is 5.41 Å². The topological polar surface area (TPSA) is 73.2 Å². The average Bonchev–Trinajstić information content (AvgIpc) is 2.48. The van der Waals surface area contributed by atoms with Crippen molar-refractivity contribution in [3.05, 3.63) is 0 Å². The third-order valence-corrected chi connectivity index (χ3v) is 5.33. The lowest BCUT2D eigenvalue weighted by Crippen LogP contribution is -2.63. The molecule has 2 fully saturated rings. The minimum atomic E-state index is -0.922. The molecule has 6 heteroatoms. The van der Waals surface area contributed by atoms with Crippen LogP contribution in [0.25, 0.3) is 0 Å². The minimum Gasteiger partial charge on any atom is -0.444 e. The molecule has 0 aromatic rings. The summed E-state index contributed by atoms with van der Waals surface area (Å²) < 4.78 is 5.47. The smallest absolute Gasteiger partial charge is 0.410 e. The maximum atomic E-state index is 12.4. The normalized spacial score (nSPS) is 29.4. The number of likely N-dealkylation sites (tertiary alicyclic amines) is 2. The van der Waals surface area contributed by atoms with Crippen LogP contribution >= 0.6 is 0 Å². The second-order valence-electron chi connectivity index (χ2n) is 8.28. The molecule has 6 nitrogen and oxygen atoms in total. The van der Waals surface area contributed by atoms with Crippen molar-refractivity contribution < 1.29 is 19.7 Å². The van der Waals surface area contributed by atoms with Gasteiger partial charge in [-0.15, -0.1) is 0 Å². The molecule has 0 aromatic heterocycles. The number of amides is 1. The summed E-state index contributed by atoms with van der Waals surface area (Å²) in [6.45, 7) is 8.03. The van der Waals surface area contributed by atoms with Crippen LogP contribution in [0.3, 0.4) is 0 Å². The lowest BCUT2D eigenvalue weighted by Gasteiger charge is -2.53. The number of hydrogen-bond donors (Lipinski definition) is 2. The largest absolute Gasteiger partial charge is 0.444 e. The standard InChI is InChI=1S/C17H32N2O4/c1-15(2,3)23-14(21)19-9-5-6-16(12-19,13-20)17(22)7-10-18(4)11-8-17/h20,22H,5-13H2,1-4H3. The van der Waals surface area contributed by atoms with E-state index in [2.05, 4.69) is 4.90 Å². The van der Waals surface area contributed by atoms with Crippen LogP contribution < -0.4 is 0 Å². The summed E-state index contributed by atoms with van der Waals surface area (Å²) in [6.07, 6.45) is 2.42. The lowest BCUT2D eigenvalue weighted by molar-refractivity contribution is -0.160. The van der Waals surface area contributed by atoms with E-state index in [0.29, 0.717) is 25.9 Å². The van der Waals surface area contributed by atoms with Gasteiger partial charge in [-0.05, 0) is 53.5 Å². The molecule has 0 radical (unpaired) electrons. The molecule has 2 rings (SSSR count). The Bertz CT molecular complexity index is 427. The quantitative estimate of drug-likeness (QED) is 0.803. The first-order valence-corrected chi connectivity index (χ1v) is 8.61. The zero-order valence-corrected chi connectivity index (χ0v) is 15.0. The van der Waals surface area contributed by atoms with E-state index in [1.807, 2.05) is 27.8 Å². The number of rotatable bonds is 2. The van der Waals surface area contributed by atoms with Crippen LogP contribution in [0.2, 0.25) is 0 Å². The molecule has 2 heterocycles. The number of nitrogens with zero attached hydrogens (tertiary/aromatic N) is 2. The van der Waals surface area contributed by atoms with Gasteiger partial charge in [-0.1, -0.05) is 0 Å². The van der Waals surface area contributed by atoms with E-state index in [1.165, 1.54) is 0 Å². The first kappa shape index (κ1) is 18.5. The van der Waals surface area contributed by atoms with Gasteiger partial charge in [0.15, 0.2) is 0 Å². The van der Waals surface area contributed by atoms with Crippen molar-refractivity contribution in [2.24, 2.45) is 5.41 Å². The number of aliphatic hydroxyl groups excluding tert-OH is 1. The maximum absolute atomic E-state index is 12.4. The molecule has 2 aliphatic heterocycles. The van der Waals surface area contributed by atoms with Crippen LogP contribution in [-0.2, 0) is 4.74 Å². The number of hydrogen-bond acceptors (Lipinski definition) is 5. The molecule has 0 saturated carbocycles. The van der Waals surface area contributed by atoms with Crippen molar-refractivity contribution >= 4 is 6.09 Å². The van der Waals surface area contributed by atoms with Crippen molar-refractivity contribution in [3.63, 3.8) is 0 Å². The Labute approximate surface area is 139 Å². The Hall–Kier alpha value is -0.850. The Morgan fingerprint density at radius 1 is 1.17 bits per heavy atom. The third-order valence-electron chi connectivity index (χ3n) is 5.33. The van der Waals surface area contributed by atoms with Gasteiger partial charge < -0.3 is 24.7 Å². The van der Waals surface area contributed by atoms with Gasteiger partial charge in [0, 0.05) is 31.6 Å². The van der Waals surface area contributed by atoms with Crippen molar-refractivity contribution in [1.82, 2.24) is 9.80 Å². The Morgan fingerprint density at radius 2 is 1.78 bits per heavy atom. The van der Waals surface area contributed by atoms with Crippen LogP contribution in [-0.4, -0.2) is 77.1 Å². The monoisotopic (exact) mass is 328 g/mol. The molecule has 0 spiro atoms. The van der Waals surface area contributed by atoms with E-state index in [-0.39, 0.29) is 12.7 Å². The van der Waals surface area contributed by atoms with Gasteiger partial charge >= 0.3 is 6.09 Å². The fraction of sp³-hybridized carbons (Fsp3) is 0.941. The van der Waals surface area contributed by atoms with Crippen molar-refractivity contribution in [1.29, 1.82) is 0 Å². The van der Waals surface area contributed by atoms with Gasteiger partial charge in [-0.3, -0.25) is 0 Å². The Balaban J connectivity index is 2.14. The Morgan fingerprint density at radius 3 is 2.30 bits per heavy atom. The molecule has 0 aliphatic carbocycles. The van der Waals surface area contributed by atoms with E-state index >= 15 is 0 Å². The van der Waals surface area contributed by atoms with E-state index in [0.717, 1.165) is 25.9 Å². The van der Waals surface area contributed by atoms with Crippen molar-refractivity contribution in [3.8, 4) is 0 Å². The second kappa shape index (κ2) is 6.57. The first-order valence-electron chi connectivity index (χ1n) is 8.61. The molecule has 134 valence electrons. The highest BCUT2D eigenvalue weighted by Gasteiger charge is 2.53. The molecule has 2 saturated heterocycles. The van der Waals surface area contributed by atoms with Crippen molar-refractivity contribution in [2.75, 3.05) is 39.8 Å². The highest BCUT2D eigenvalue weighted by molar-refractivity contribution is 5.68. The summed E-state index contributed by atoms with van der Waals surface area (Å²) in [4.78, 5) is 16.2. The van der Waals surface area contributed by atoms with E-state index in [1.54, 1.807) is 4.90 Å². The van der Waals surface area contributed by atoms with Gasteiger partial charge in [0.2, 0.25) is 0 Å². The zero-order chi connectivity index (χ0) is 17.3. The first-order chi connectivity index (χ1) is 10.6. The molecular formula is C17H32N2O4. The summed E-state index contributed by atoms with van der Waals surface area (Å²) in [5.74, 6) is 0. The van der Waals surface area contributed by atoms with Gasteiger partial charge in [0.05, 0.1) is 12.2 Å².